The van der Waals surface area contributed by atoms with E-state index in [1.807, 2.05) is 0 Å². The molecule has 0 aliphatic heterocycles. The molecule has 0 N–H and O–H groups in total. The second-order valence-corrected chi connectivity index (χ2v) is 5.50. The molecule has 1 unspecified atom stereocenters. The lowest BCUT2D eigenvalue weighted by Crippen LogP contribution is -2.17. The van der Waals surface area contributed by atoms with Crippen LogP contribution in [-0.2, 0) is 6.42 Å². The average molecular weight is 293 g/mol. The van der Waals surface area contributed by atoms with Crippen LogP contribution >= 0.6 is 11.6 Å². The van der Waals surface area contributed by atoms with Gasteiger partial charge in [-0.25, -0.2) is 0 Å². The summed E-state index contributed by atoms with van der Waals surface area (Å²) in [5.41, 5.74) is 1.01. The van der Waals surface area contributed by atoms with E-state index in [1.165, 1.54) is 25.0 Å². The number of hydrogen-bond acceptors (Lipinski definition) is 1. The van der Waals surface area contributed by atoms with E-state index in [-0.39, 0.29) is 11.1 Å². The molecule has 0 amide bonds. The Kier molecular flexibility index (Phi) is 4.61. The van der Waals surface area contributed by atoms with Gasteiger partial charge in [-0.1, -0.05) is 12.1 Å². The van der Waals surface area contributed by atoms with Crippen LogP contribution in [0.25, 0.3) is 0 Å². The third kappa shape index (κ3) is 5.31. The van der Waals surface area contributed by atoms with Gasteiger partial charge in [0.2, 0.25) is 0 Å². The highest BCUT2D eigenvalue weighted by atomic mass is 35.5. The molecule has 0 aromatic heterocycles. The van der Waals surface area contributed by atoms with Crippen molar-refractivity contribution >= 4 is 11.6 Å². The number of alkyl halides is 4. The molecule has 0 bridgehead atoms. The predicted molar refractivity (Wildman–Crippen MR) is 68.4 cm³/mol. The first-order valence-electron chi connectivity index (χ1n) is 6.43. The maximum absolute atomic E-state index is 12.0. The standard InChI is InChI=1S/C14H16ClF3O/c15-13(11-6-7-11)3-1-2-10-4-8-12(9-5-10)19-14(16,17)18/h4-5,8-9,11,13H,1-3,6-7H2. The maximum Gasteiger partial charge on any atom is 0.573 e. The molecule has 1 aromatic carbocycles. The normalized spacial score (nSPS) is 17.3. The molecule has 1 atom stereocenters. The fraction of sp³-hybridized carbons (Fsp3) is 0.571. The van der Waals surface area contributed by atoms with Gasteiger partial charge in [-0.3, -0.25) is 0 Å². The minimum Gasteiger partial charge on any atom is -0.406 e. The van der Waals surface area contributed by atoms with Gasteiger partial charge in [0.1, 0.15) is 5.75 Å². The van der Waals surface area contributed by atoms with Crippen LogP contribution in [0.1, 0.15) is 31.2 Å². The molecule has 19 heavy (non-hydrogen) atoms. The van der Waals surface area contributed by atoms with E-state index in [2.05, 4.69) is 4.74 Å². The lowest BCUT2D eigenvalue weighted by molar-refractivity contribution is -0.274. The van der Waals surface area contributed by atoms with E-state index in [1.54, 1.807) is 12.1 Å². The van der Waals surface area contributed by atoms with Crippen molar-refractivity contribution in [1.82, 2.24) is 0 Å². The Morgan fingerprint density at radius 3 is 2.37 bits per heavy atom. The van der Waals surface area contributed by atoms with Crippen LogP contribution in [0.3, 0.4) is 0 Å². The number of rotatable bonds is 6. The lowest BCUT2D eigenvalue weighted by Gasteiger charge is -2.10. The first-order chi connectivity index (χ1) is 8.94. The van der Waals surface area contributed by atoms with Crippen molar-refractivity contribution in [2.45, 2.75) is 43.8 Å². The van der Waals surface area contributed by atoms with E-state index in [0.717, 1.165) is 24.8 Å². The summed E-state index contributed by atoms with van der Waals surface area (Å²) in [7, 11) is 0. The van der Waals surface area contributed by atoms with Gasteiger partial charge in [0.15, 0.2) is 0 Å². The summed E-state index contributed by atoms with van der Waals surface area (Å²) < 4.78 is 39.8. The summed E-state index contributed by atoms with van der Waals surface area (Å²) in [6, 6.07) is 6.03. The maximum atomic E-state index is 12.0. The highest BCUT2D eigenvalue weighted by molar-refractivity contribution is 6.20. The fourth-order valence-electron chi connectivity index (χ4n) is 2.05. The van der Waals surface area contributed by atoms with Crippen LogP contribution in [0.4, 0.5) is 13.2 Å². The van der Waals surface area contributed by atoms with E-state index in [9.17, 15) is 13.2 Å². The second kappa shape index (κ2) is 6.04. The van der Waals surface area contributed by atoms with E-state index in [4.69, 9.17) is 11.6 Å². The minimum absolute atomic E-state index is 0.176. The van der Waals surface area contributed by atoms with E-state index in [0.29, 0.717) is 5.92 Å². The zero-order valence-electron chi connectivity index (χ0n) is 10.4. The van der Waals surface area contributed by atoms with Crippen molar-refractivity contribution in [1.29, 1.82) is 0 Å². The van der Waals surface area contributed by atoms with Gasteiger partial charge in [0.25, 0.3) is 0 Å². The molecule has 1 saturated carbocycles. The molecule has 0 heterocycles. The molecule has 1 nitrogen and oxygen atoms in total. The number of halogens is 4. The Hall–Kier alpha value is -0.900. The Morgan fingerprint density at radius 1 is 1.21 bits per heavy atom. The second-order valence-electron chi connectivity index (χ2n) is 4.94. The van der Waals surface area contributed by atoms with Crippen molar-refractivity contribution in [2.75, 3.05) is 0 Å². The lowest BCUT2D eigenvalue weighted by atomic mass is 10.1. The average Bonchev–Trinajstić information content (AvgIpc) is 3.13. The van der Waals surface area contributed by atoms with Gasteiger partial charge in [0, 0.05) is 5.38 Å². The van der Waals surface area contributed by atoms with Crippen molar-refractivity contribution in [3.8, 4) is 5.75 Å². The van der Waals surface area contributed by atoms with Crippen molar-refractivity contribution in [3.63, 3.8) is 0 Å². The molecule has 1 aromatic rings. The zero-order chi connectivity index (χ0) is 13.9. The van der Waals surface area contributed by atoms with E-state index < -0.39 is 6.36 Å². The van der Waals surface area contributed by atoms with Gasteiger partial charge in [-0.05, 0) is 55.7 Å². The Labute approximate surface area is 115 Å². The molecule has 0 saturated heterocycles. The smallest absolute Gasteiger partial charge is 0.406 e. The largest absolute Gasteiger partial charge is 0.573 e. The van der Waals surface area contributed by atoms with Gasteiger partial charge in [-0.15, -0.1) is 24.8 Å². The van der Waals surface area contributed by atoms with Crippen molar-refractivity contribution < 1.29 is 17.9 Å². The van der Waals surface area contributed by atoms with Crippen LogP contribution in [0.5, 0.6) is 5.75 Å². The molecule has 0 radical (unpaired) electrons. The minimum atomic E-state index is -4.63. The molecule has 0 spiro atoms. The Bertz CT molecular complexity index is 398. The SMILES string of the molecule is FC(F)(F)Oc1ccc(CCCC(Cl)C2CC2)cc1. The Balaban J connectivity index is 1.75. The molecule has 1 aliphatic rings. The molecule has 1 aliphatic carbocycles. The summed E-state index contributed by atoms with van der Waals surface area (Å²) in [5, 5.41) is 0.257. The molecule has 106 valence electrons. The zero-order valence-corrected chi connectivity index (χ0v) is 11.2. The van der Waals surface area contributed by atoms with Gasteiger partial charge in [-0.2, -0.15) is 0 Å². The predicted octanol–water partition coefficient (Wildman–Crippen LogP) is 4.93. The first kappa shape index (κ1) is 14.5. The molecule has 1 fully saturated rings. The summed E-state index contributed by atoms with van der Waals surface area (Å²) in [4.78, 5) is 0. The molecular formula is C14H16ClF3O. The van der Waals surface area contributed by atoms with E-state index >= 15 is 0 Å². The monoisotopic (exact) mass is 292 g/mol. The third-order valence-corrected chi connectivity index (χ3v) is 3.81. The van der Waals surface area contributed by atoms with Gasteiger partial charge < -0.3 is 4.74 Å². The Morgan fingerprint density at radius 2 is 1.84 bits per heavy atom. The summed E-state index contributed by atoms with van der Waals surface area (Å²) in [6.45, 7) is 0. The van der Waals surface area contributed by atoms with Gasteiger partial charge in [0.05, 0.1) is 0 Å². The molecular weight excluding hydrogens is 277 g/mol. The van der Waals surface area contributed by atoms with Crippen LogP contribution in [0.15, 0.2) is 24.3 Å². The fourth-order valence-corrected chi connectivity index (χ4v) is 2.46. The number of benzene rings is 1. The van der Waals surface area contributed by atoms with Crippen molar-refractivity contribution in [3.05, 3.63) is 29.8 Å². The van der Waals surface area contributed by atoms with Crippen LogP contribution in [-0.4, -0.2) is 11.7 Å². The number of ether oxygens (including phenoxy) is 1. The van der Waals surface area contributed by atoms with Crippen molar-refractivity contribution in [2.24, 2.45) is 5.92 Å². The number of hydrogen-bond donors (Lipinski definition) is 0. The summed E-state index contributed by atoms with van der Waals surface area (Å²) in [6.07, 6.45) is 0.603. The third-order valence-electron chi connectivity index (χ3n) is 3.24. The molecule has 5 heteroatoms. The highest BCUT2D eigenvalue weighted by Crippen LogP contribution is 2.37. The van der Waals surface area contributed by atoms with Crippen LogP contribution in [0, 0.1) is 5.92 Å². The topological polar surface area (TPSA) is 9.23 Å². The summed E-state index contributed by atoms with van der Waals surface area (Å²) >= 11 is 6.20. The van der Waals surface area contributed by atoms with Gasteiger partial charge >= 0.3 is 6.36 Å². The van der Waals surface area contributed by atoms with Crippen LogP contribution in [0.2, 0.25) is 0 Å². The number of aryl methyl sites for hydroxylation is 1. The first-order valence-corrected chi connectivity index (χ1v) is 6.86. The molecule has 2 rings (SSSR count). The van der Waals surface area contributed by atoms with Crippen LogP contribution < -0.4 is 4.74 Å². The summed E-state index contributed by atoms with van der Waals surface area (Å²) in [5.74, 6) is 0.508. The quantitative estimate of drug-likeness (QED) is 0.676. The highest BCUT2D eigenvalue weighted by Gasteiger charge is 2.31.